The molecule has 0 saturated heterocycles. The Morgan fingerprint density at radius 1 is 1.00 bits per heavy atom. The van der Waals surface area contributed by atoms with Gasteiger partial charge in [0.05, 0.1) is 6.61 Å². The van der Waals surface area contributed by atoms with Gasteiger partial charge >= 0.3 is 0 Å². The van der Waals surface area contributed by atoms with E-state index in [0.29, 0.717) is 17.9 Å². The SMILES string of the molecule is OC(c1ccc(Br)cc1)c1ccc(OCCCCCCBr)cc1F. The Morgan fingerprint density at radius 3 is 2.38 bits per heavy atom. The molecule has 2 rings (SSSR count). The number of aliphatic hydroxyl groups excluding tert-OH is 1. The lowest BCUT2D eigenvalue weighted by atomic mass is 10.0. The molecule has 130 valence electrons. The van der Waals surface area contributed by atoms with Crippen molar-refractivity contribution >= 4 is 31.9 Å². The molecule has 0 spiro atoms. The third-order valence-electron chi connectivity index (χ3n) is 3.75. The van der Waals surface area contributed by atoms with Crippen molar-refractivity contribution in [1.29, 1.82) is 0 Å². The Hall–Kier alpha value is -0.910. The smallest absolute Gasteiger partial charge is 0.133 e. The zero-order valence-electron chi connectivity index (χ0n) is 13.4. The molecule has 0 bridgehead atoms. The Kier molecular flexibility index (Phi) is 8.22. The summed E-state index contributed by atoms with van der Waals surface area (Å²) in [5.41, 5.74) is 0.902. The van der Waals surface area contributed by atoms with Crippen LogP contribution in [0.25, 0.3) is 0 Å². The van der Waals surface area contributed by atoms with Gasteiger partial charge in [0.2, 0.25) is 0 Å². The molecule has 0 fully saturated rings. The first-order chi connectivity index (χ1) is 11.6. The van der Waals surface area contributed by atoms with Gasteiger partial charge in [-0.3, -0.25) is 0 Å². The van der Waals surface area contributed by atoms with Crippen LogP contribution in [-0.4, -0.2) is 17.0 Å². The van der Waals surface area contributed by atoms with Crippen molar-refractivity contribution < 1.29 is 14.2 Å². The summed E-state index contributed by atoms with van der Waals surface area (Å²) in [7, 11) is 0. The summed E-state index contributed by atoms with van der Waals surface area (Å²) in [5.74, 6) is 0.0435. The highest BCUT2D eigenvalue weighted by atomic mass is 79.9. The maximum atomic E-state index is 14.3. The Balaban J connectivity index is 1.92. The summed E-state index contributed by atoms with van der Waals surface area (Å²) >= 11 is 6.75. The minimum atomic E-state index is -0.989. The van der Waals surface area contributed by atoms with E-state index >= 15 is 0 Å². The standard InChI is InChI=1S/C19H21Br2FO2/c20-11-3-1-2-4-12-24-16-9-10-17(18(22)13-16)19(23)14-5-7-15(21)8-6-14/h5-10,13,19,23H,1-4,11-12H2. The van der Waals surface area contributed by atoms with Crippen molar-refractivity contribution in [3.8, 4) is 5.75 Å². The van der Waals surface area contributed by atoms with Crippen LogP contribution < -0.4 is 4.74 Å². The quantitative estimate of drug-likeness (QED) is 0.367. The molecule has 2 aromatic rings. The molecule has 1 N–H and O–H groups in total. The molecule has 0 saturated carbocycles. The molecule has 0 heterocycles. The summed E-state index contributed by atoms with van der Waals surface area (Å²) in [5, 5.41) is 11.4. The van der Waals surface area contributed by atoms with Gasteiger partial charge < -0.3 is 9.84 Å². The molecule has 2 aromatic carbocycles. The Morgan fingerprint density at radius 2 is 1.71 bits per heavy atom. The van der Waals surface area contributed by atoms with Gasteiger partial charge in [-0.2, -0.15) is 0 Å². The maximum Gasteiger partial charge on any atom is 0.133 e. The number of unbranched alkanes of at least 4 members (excludes halogenated alkanes) is 3. The lowest BCUT2D eigenvalue weighted by Gasteiger charge is -2.14. The average Bonchev–Trinajstić information content (AvgIpc) is 2.58. The third-order valence-corrected chi connectivity index (χ3v) is 4.84. The van der Waals surface area contributed by atoms with Gasteiger partial charge in [-0.25, -0.2) is 4.39 Å². The number of rotatable bonds is 9. The monoisotopic (exact) mass is 458 g/mol. The third kappa shape index (κ3) is 5.87. The van der Waals surface area contributed by atoms with Gasteiger partial charge in [-0.05, 0) is 42.7 Å². The molecule has 0 radical (unpaired) electrons. The van der Waals surface area contributed by atoms with E-state index in [1.807, 2.05) is 12.1 Å². The minimum Gasteiger partial charge on any atom is -0.493 e. The van der Waals surface area contributed by atoms with E-state index in [-0.39, 0.29) is 5.56 Å². The molecule has 0 aliphatic rings. The highest BCUT2D eigenvalue weighted by Gasteiger charge is 2.15. The van der Waals surface area contributed by atoms with Crippen molar-refractivity contribution in [3.63, 3.8) is 0 Å². The molecule has 0 aliphatic carbocycles. The van der Waals surface area contributed by atoms with E-state index in [4.69, 9.17) is 4.74 Å². The van der Waals surface area contributed by atoms with Crippen molar-refractivity contribution in [2.75, 3.05) is 11.9 Å². The van der Waals surface area contributed by atoms with Crippen LogP contribution in [0.1, 0.15) is 42.9 Å². The van der Waals surface area contributed by atoms with E-state index in [1.165, 1.54) is 12.5 Å². The Labute approximate surface area is 159 Å². The summed E-state index contributed by atoms with van der Waals surface area (Å²) in [6, 6.07) is 11.8. The number of alkyl halides is 1. The number of aliphatic hydroxyl groups is 1. The van der Waals surface area contributed by atoms with Gasteiger partial charge in [0.25, 0.3) is 0 Å². The minimum absolute atomic E-state index is 0.252. The van der Waals surface area contributed by atoms with Gasteiger partial charge in [0.1, 0.15) is 17.7 Å². The van der Waals surface area contributed by atoms with Crippen molar-refractivity contribution in [2.24, 2.45) is 0 Å². The molecular formula is C19H21Br2FO2. The van der Waals surface area contributed by atoms with Crippen LogP contribution in [0, 0.1) is 5.82 Å². The first kappa shape index (κ1) is 19.4. The molecule has 0 aromatic heterocycles. The predicted molar refractivity (Wildman–Crippen MR) is 102 cm³/mol. The second kappa shape index (κ2) is 10.2. The normalized spacial score (nSPS) is 12.2. The molecule has 0 aliphatic heterocycles. The van der Waals surface area contributed by atoms with Crippen LogP contribution in [0.4, 0.5) is 4.39 Å². The second-order valence-electron chi connectivity index (χ2n) is 5.59. The van der Waals surface area contributed by atoms with Crippen LogP contribution in [0.5, 0.6) is 5.75 Å². The van der Waals surface area contributed by atoms with Crippen LogP contribution in [0.3, 0.4) is 0 Å². The number of ether oxygens (including phenoxy) is 1. The van der Waals surface area contributed by atoms with E-state index in [2.05, 4.69) is 31.9 Å². The zero-order valence-corrected chi connectivity index (χ0v) is 16.5. The largest absolute Gasteiger partial charge is 0.493 e. The number of halogens is 3. The molecule has 1 unspecified atom stereocenters. The zero-order chi connectivity index (χ0) is 17.4. The second-order valence-corrected chi connectivity index (χ2v) is 7.30. The fourth-order valence-corrected chi connectivity index (χ4v) is 3.04. The number of benzene rings is 2. The van der Waals surface area contributed by atoms with Gasteiger partial charge in [-0.15, -0.1) is 0 Å². The van der Waals surface area contributed by atoms with E-state index in [1.54, 1.807) is 24.3 Å². The van der Waals surface area contributed by atoms with Crippen LogP contribution in [0.2, 0.25) is 0 Å². The number of hydrogen-bond donors (Lipinski definition) is 1. The molecular weight excluding hydrogens is 439 g/mol. The summed E-state index contributed by atoms with van der Waals surface area (Å²) in [6.07, 6.45) is 3.40. The average molecular weight is 460 g/mol. The van der Waals surface area contributed by atoms with Crippen molar-refractivity contribution in [2.45, 2.75) is 31.8 Å². The van der Waals surface area contributed by atoms with Crippen molar-refractivity contribution in [3.05, 3.63) is 63.9 Å². The van der Waals surface area contributed by atoms with Gasteiger partial charge in [0, 0.05) is 21.4 Å². The van der Waals surface area contributed by atoms with E-state index in [9.17, 15) is 9.50 Å². The molecule has 24 heavy (non-hydrogen) atoms. The highest BCUT2D eigenvalue weighted by Crippen LogP contribution is 2.28. The van der Waals surface area contributed by atoms with E-state index < -0.39 is 11.9 Å². The number of hydrogen-bond acceptors (Lipinski definition) is 2. The van der Waals surface area contributed by atoms with Crippen LogP contribution in [-0.2, 0) is 0 Å². The van der Waals surface area contributed by atoms with E-state index in [0.717, 1.165) is 29.1 Å². The predicted octanol–water partition coefficient (Wildman–Crippen LogP) is 6.00. The van der Waals surface area contributed by atoms with Gasteiger partial charge in [0.15, 0.2) is 0 Å². The lowest BCUT2D eigenvalue weighted by molar-refractivity contribution is 0.214. The first-order valence-corrected chi connectivity index (χ1v) is 9.95. The lowest BCUT2D eigenvalue weighted by Crippen LogP contribution is -2.04. The van der Waals surface area contributed by atoms with Gasteiger partial charge in [-0.1, -0.05) is 56.8 Å². The first-order valence-electron chi connectivity index (χ1n) is 8.03. The molecule has 2 nitrogen and oxygen atoms in total. The van der Waals surface area contributed by atoms with Crippen LogP contribution in [0.15, 0.2) is 46.9 Å². The fourth-order valence-electron chi connectivity index (χ4n) is 2.38. The summed E-state index contributed by atoms with van der Waals surface area (Å²) in [4.78, 5) is 0. The highest BCUT2D eigenvalue weighted by molar-refractivity contribution is 9.10. The molecule has 0 amide bonds. The Bertz CT molecular complexity index is 632. The maximum absolute atomic E-state index is 14.3. The molecule has 1 atom stereocenters. The van der Waals surface area contributed by atoms with Crippen LogP contribution >= 0.6 is 31.9 Å². The summed E-state index contributed by atoms with van der Waals surface area (Å²) < 4.78 is 20.8. The molecule has 5 heteroatoms. The van der Waals surface area contributed by atoms with Crippen molar-refractivity contribution in [1.82, 2.24) is 0 Å². The fraction of sp³-hybridized carbons (Fsp3) is 0.368. The topological polar surface area (TPSA) is 29.5 Å². The summed E-state index contributed by atoms with van der Waals surface area (Å²) in [6.45, 7) is 0.580.